The van der Waals surface area contributed by atoms with Crippen LogP contribution >= 0.6 is 0 Å². The number of hydrogen-bond donors (Lipinski definition) is 2. The van der Waals surface area contributed by atoms with Gasteiger partial charge in [0.15, 0.2) is 0 Å². The Bertz CT molecular complexity index is 369. The van der Waals surface area contributed by atoms with Gasteiger partial charge >= 0.3 is 5.97 Å². The van der Waals surface area contributed by atoms with E-state index in [-0.39, 0.29) is 12.5 Å². The molecule has 0 aliphatic rings. The van der Waals surface area contributed by atoms with Gasteiger partial charge in [-0.15, -0.1) is 0 Å². The largest absolute Gasteiger partial charge is 0.480 e. The number of carbonyl (C=O) groups is 2. The van der Waals surface area contributed by atoms with E-state index in [2.05, 4.69) is 31.3 Å². The highest BCUT2D eigenvalue weighted by Gasteiger charge is 2.03. The first-order valence-electron chi connectivity index (χ1n) is 9.81. The molecule has 0 saturated carbocycles. The molecule has 146 valence electrons. The van der Waals surface area contributed by atoms with Crippen molar-refractivity contribution >= 4 is 11.9 Å². The number of hydrogen-bond acceptors (Lipinski definition) is 3. The van der Waals surface area contributed by atoms with Gasteiger partial charge in [0.2, 0.25) is 5.91 Å². The first-order chi connectivity index (χ1) is 12.1. The maximum atomic E-state index is 11.3. The van der Waals surface area contributed by atoms with Crippen molar-refractivity contribution in [3.05, 3.63) is 12.2 Å². The number of ether oxygens (including phenoxy) is 1. The fourth-order valence-corrected chi connectivity index (χ4v) is 2.52. The molecular weight excluding hydrogens is 318 g/mol. The normalized spacial score (nSPS) is 12.4. The average molecular weight is 356 g/mol. The van der Waals surface area contributed by atoms with Crippen molar-refractivity contribution in [2.75, 3.05) is 13.2 Å². The predicted octanol–water partition coefficient (Wildman–Crippen LogP) is 4.46. The second-order valence-electron chi connectivity index (χ2n) is 6.55. The molecule has 0 aromatic carbocycles. The van der Waals surface area contributed by atoms with E-state index in [0.717, 1.165) is 45.1 Å². The summed E-state index contributed by atoms with van der Waals surface area (Å²) in [5, 5.41) is 10.8. The summed E-state index contributed by atoms with van der Waals surface area (Å²) in [6.07, 6.45) is 16.3. The van der Waals surface area contributed by atoms with Gasteiger partial charge in [0.25, 0.3) is 0 Å². The number of allylic oxidation sites excluding steroid dienone is 1. The molecule has 0 rings (SSSR count). The number of carbonyl (C=O) groups excluding carboxylic acids is 1. The van der Waals surface area contributed by atoms with Gasteiger partial charge in [-0.2, -0.15) is 0 Å². The van der Waals surface area contributed by atoms with Gasteiger partial charge in [0.1, 0.15) is 6.54 Å². The van der Waals surface area contributed by atoms with Crippen LogP contribution in [-0.2, 0) is 14.3 Å². The van der Waals surface area contributed by atoms with Gasteiger partial charge < -0.3 is 15.2 Å². The van der Waals surface area contributed by atoms with Crippen molar-refractivity contribution in [1.29, 1.82) is 0 Å². The quantitative estimate of drug-likeness (QED) is 0.298. The molecular formula is C20H37NO4. The molecule has 2 N–H and O–H groups in total. The lowest BCUT2D eigenvalue weighted by Crippen LogP contribution is -2.28. The summed E-state index contributed by atoms with van der Waals surface area (Å²) in [5.41, 5.74) is 0. The van der Waals surface area contributed by atoms with Gasteiger partial charge in [0, 0.05) is 13.0 Å². The molecule has 0 radical (unpaired) electrons. The number of amides is 1. The number of unbranched alkanes of at least 4 members (excludes halogenated alkanes) is 7. The van der Waals surface area contributed by atoms with Gasteiger partial charge in [-0.3, -0.25) is 9.59 Å². The van der Waals surface area contributed by atoms with Gasteiger partial charge in [-0.1, -0.05) is 57.6 Å². The zero-order chi connectivity index (χ0) is 18.8. The first-order valence-corrected chi connectivity index (χ1v) is 9.81. The molecule has 5 nitrogen and oxygen atoms in total. The molecule has 0 aromatic rings. The van der Waals surface area contributed by atoms with Crippen LogP contribution in [0.5, 0.6) is 0 Å². The lowest BCUT2D eigenvalue weighted by atomic mass is 10.1. The number of carboxylic acids is 1. The highest BCUT2D eigenvalue weighted by molar-refractivity contribution is 5.80. The Morgan fingerprint density at radius 3 is 2.20 bits per heavy atom. The molecule has 0 spiro atoms. The molecule has 25 heavy (non-hydrogen) atoms. The van der Waals surface area contributed by atoms with E-state index in [1.54, 1.807) is 0 Å². The minimum atomic E-state index is -0.999. The molecule has 0 aromatic heterocycles. The summed E-state index contributed by atoms with van der Waals surface area (Å²) in [5.74, 6) is -1.16. The van der Waals surface area contributed by atoms with Crippen molar-refractivity contribution in [3.8, 4) is 0 Å². The second-order valence-corrected chi connectivity index (χ2v) is 6.55. The summed E-state index contributed by atoms with van der Waals surface area (Å²) in [6, 6.07) is 0. The highest BCUT2D eigenvalue weighted by Crippen LogP contribution is 2.10. The molecule has 0 bridgehead atoms. The summed E-state index contributed by atoms with van der Waals surface area (Å²) in [7, 11) is 0. The van der Waals surface area contributed by atoms with Crippen molar-refractivity contribution in [2.24, 2.45) is 0 Å². The van der Waals surface area contributed by atoms with Crippen LogP contribution in [0.4, 0.5) is 0 Å². The lowest BCUT2D eigenvalue weighted by molar-refractivity contribution is -0.137. The average Bonchev–Trinajstić information content (AvgIpc) is 2.58. The molecule has 0 heterocycles. The third kappa shape index (κ3) is 18.8. The number of rotatable bonds is 17. The Kier molecular flexibility index (Phi) is 16.5. The maximum absolute atomic E-state index is 11.3. The van der Waals surface area contributed by atoms with Gasteiger partial charge in [-0.25, -0.2) is 0 Å². The Hall–Kier alpha value is -1.36. The van der Waals surface area contributed by atoms with Crippen LogP contribution in [0.15, 0.2) is 12.2 Å². The van der Waals surface area contributed by atoms with Crippen LogP contribution in [0.1, 0.15) is 84.5 Å². The molecule has 0 saturated heterocycles. The first kappa shape index (κ1) is 23.6. The van der Waals surface area contributed by atoms with Gasteiger partial charge in [0.05, 0.1) is 6.10 Å². The Morgan fingerprint density at radius 1 is 1.00 bits per heavy atom. The van der Waals surface area contributed by atoms with Crippen LogP contribution < -0.4 is 5.32 Å². The van der Waals surface area contributed by atoms with E-state index < -0.39 is 5.97 Å². The van der Waals surface area contributed by atoms with Crippen LogP contribution in [0.25, 0.3) is 0 Å². The summed E-state index contributed by atoms with van der Waals surface area (Å²) in [4.78, 5) is 21.6. The van der Waals surface area contributed by atoms with Crippen LogP contribution in [0, 0.1) is 0 Å². The molecule has 5 heteroatoms. The predicted molar refractivity (Wildman–Crippen MR) is 102 cm³/mol. The zero-order valence-electron chi connectivity index (χ0n) is 16.1. The fourth-order valence-electron chi connectivity index (χ4n) is 2.52. The molecule has 1 atom stereocenters. The minimum Gasteiger partial charge on any atom is -0.480 e. The fraction of sp³-hybridized carbons (Fsp3) is 0.800. The van der Waals surface area contributed by atoms with Crippen LogP contribution in [-0.4, -0.2) is 36.2 Å². The second kappa shape index (κ2) is 17.5. The van der Waals surface area contributed by atoms with Crippen LogP contribution in [0.3, 0.4) is 0 Å². The number of carboxylic acid groups (broad SMARTS) is 1. The lowest BCUT2D eigenvalue weighted by Gasteiger charge is -2.10. The van der Waals surface area contributed by atoms with Gasteiger partial charge in [-0.05, 0) is 32.6 Å². The smallest absolute Gasteiger partial charge is 0.322 e. The molecule has 0 fully saturated rings. The molecule has 1 unspecified atom stereocenters. The Labute approximate surface area is 153 Å². The van der Waals surface area contributed by atoms with E-state index in [9.17, 15) is 9.59 Å². The summed E-state index contributed by atoms with van der Waals surface area (Å²) in [6.45, 7) is 4.84. The third-order valence-corrected chi connectivity index (χ3v) is 4.01. The SMILES string of the molecule is CCC=CCC(C)OCCCCCCCCCCC(=O)NCC(=O)O. The van der Waals surface area contributed by atoms with E-state index in [4.69, 9.17) is 9.84 Å². The topological polar surface area (TPSA) is 75.6 Å². The van der Waals surface area contributed by atoms with Crippen molar-refractivity contribution in [2.45, 2.75) is 90.6 Å². The zero-order valence-corrected chi connectivity index (χ0v) is 16.1. The van der Waals surface area contributed by atoms with E-state index >= 15 is 0 Å². The van der Waals surface area contributed by atoms with Crippen molar-refractivity contribution < 1.29 is 19.4 Å². The monoisotopic (exact) mass is 355 g/mol. The minimum absolute atomic E-state index is 0.165. The Balaban J connectivity index is 3.25. The highest BCUT2D eigenvalue weighted by atomic mass is 16.5. The van der Waals surface area contributed by atoms with E-state index in [1.165, 1.54) is 25.7 Å². The third-order valence-electron chi connectivity index (χ3n) is 4.01. The van der Waals surface area contributed by atoms with Crippen molar-refractivity contribution in [3.63, 3.8) is 0 Å². The number of aliphatic carboxylic acids is 1. The Morgan fingerprint density at radius 2 is 1.60 bits per heavy atom. The van der Waals surface area contributed by atoms with Crippen LogP contribution in [0.2, 0.25) is 0 Å². The van der Waals surface area contributed by atoms with Crippen molar-refractivity contribution in [1.82, 2.24) is 5.32 Å². The van der Waals surface area contributed by atoms with E-state index in [0.29, 0.717) is 12.5 Å². The molecule has 1 amide bonds. The molecule has 0 aliphatic heterocycles. The number of nitrogens with one attached hydrogen (secondary N) is 1. The van der Waals surface area contributed by atoms with E-state index in [1.807, 2.05) is 0 Å². The summed E-state index contributed by atoms with van der Waals surface area (Å²) < 4.78 is 5.78. The molecule has 0 aliphatic carbocycles. The maximum Gasteiger partial charge on any atom is 0.322 e. The summed E-state index contributed by atoms with van der Waals surface area (Å²) >= 11 is 0. The standard InChI is InChI=1S/C20H37NO4/c1-3-4-11-14-18(2)25-16-13-10-8-6-5-7-9-12-15-19(22)21-17-20(23)24/h4,11,18H,3,5-10,12-17H2,1-2H3,(H,21,22)(H,23,24).